The second kappa shape index (κ2) is 16.9. The van der Waals surface area contributed by atoms with Crippen molar-refractivity contribution < 1.29 is 38.3 Å². The fraction of sp³-hybridized carbons (Fsp3) is 0.639. The van der Waals surface area contributed by atoms with Crippen molar-refractivity contribution in [2.75, 3.05) is 27.2 Å². The number of rotatable bonds is 15. The molecule has 0 radical (unpaired) electrons. The Labute approximate surface area is 294 Å². The van der Waals surface area contributed by atoms with E-state index in [-0.39, 0.29) is 36.2 Å². The number of fused-ring (bicyclic) bond motifs is 1. The molecule has 50 heavy (non-hydrogen) atoms. The molecule has 3 rings (SSSR count). The summed E-state index contributed by atoms with van der Waals surface area (Å²) in [7, 11) is 3.12. The van der Waals surface area contributed by atoms with Crippen LogP contribution in [0.1, 0.15) is 79.3 Å². The normalized spacial score (nSPS) is 20.4. The van der Waals surface area contributed by atoms with Crippen molar-refractivity contribution in [2.45, 2.75) is 98.0 Å². The van der Waals surface area contributed by atoms with E-state index in [2.05, 4.69) is 21.3 Å². The molecular weight excluding hydrogens is 644 g/mol. The molecule has 276 valence electrons. The highest BCUT2D eigenvalue weighted by atomic mass is 16.6. The highest BCUT2D eigenvalue weighted by Crippen LogP contribution is 2.50. The van der Waals surface area contributed by atoms with Gasteiger partial charge in [0.05, 0.1) is 12.6 Å². The van der Waals surface area contributed by atoms with E-state index in [1.165, 1.54) is 9.80 Å². The minimum atomic E-state index is -1.19. The minimum absolute atomic E-state index is 0.0760. The van der Waals surface area contributed by atoms with Crippen LogP contribution in [0.3, 0.4) is 0 Å². The van der Waals surface area contributed by atoms with Crippen LogP contribution in [-0.2, 0) is 33.5 Å². The van der Waals surface area contributed by atoms with E-state index in [9.17, 15) is 33.6 Å². The lowest BCUT2D eigenvalue weighted by Crippen LogP contribution is -2.60. The number of carbonyl (C=O) groups is 7. The number of likely N-dealkylation sites (tertiary alicyclic amines) is 1. The van der Waals surface area contributed by atoms with Gasteiger partial charge in [0, 0.05) is 20.6 Å². The number of hydrogen-bond donors (Lipinski definition) is 4. The SMILES string of the molecule is CCC[C@H](NC(=O)[C@@H]1[C@H]2C[C@H]2CN1C(=O)[C@@H](NC(=O)OC(C)C(C)C)C(C)(C)C)C(=O)C(=O)NCC(=O)N[C@H](C(=O)N(C)C)c1ccccc1. The first-order valence-electron chi connectivity index (χ1n) is 17.3. The van der Waals surface area contributed by atoms with E-state index in [0.29, 0.717) is 18.5 Å². The number of alkyl carbamates (subject to hydrolysis) is 1. The third-order valence-corrected chi connectivity index (χ3v) is 9.28. The molecule has 7 atom stereocenters. The number of likely N-dealkylation sites (N-methyl/N-ethyl adjacent to an activating group) is 1. The zero-order valence-corrected chi connectivity index (χ0v) is 30.7. The molecule has 6 amide bonds. The van der Waals surface area contributed by atoms with Crippen molar-refractivity contribution in [1.82, 2.24) is 31.1 Å². The molecule has 1 saturated heterocycles. The van der Waals surface area contributed by atoms with Gasteiger partial charge in [0.1, 0.15) is 24.2 Å². The van der Waals surface area contributed by atoms with Crippen LogP contribution in [0.25, 0.3) is 0 Å². The van der Waals surface area contributed by atoms with E-state index < -0.39 is 71.6 Å². The van der Waals surface area contributed by atoms with Crippen molar-refractivity contribution in [1.29, 1.82) is 0 Å². The Hall–Kier alpha value is -4.49. The van der Waals surface area contributed by atoms with Gasteiger partial charge in [-0.3, -0.25) is 28.8 Å². The van der Waals surface area contributed by atoms with Crippen molar-refractivity contribution >= 4 is 41.4 Å². The zero-order valence-electron chi connectivity index (χ0n) is 30.7. The summed E-state index contributed by atoms with van der Waals surface area (Å²) in [4.78, 5) is 95.1. The molecule has 1 aliphatic heterocycles. The molecule has 14 heteroatoms. The molecule has 0 spiro atoms. The maximum Gasteiger partial charge on any atom is 0.408 e. The van der Waals surface area contributed by atoms with Gasteiger partial charge in [-0.2, -0.15) is 0 Å². The first kappa shape index (κ1) is 39.9. The largest absolute Gasteiger partial charge is 0.446 e. The summed E-state index contributed by atoms with van der Waals surface area (Å²) in [6.45, 7) is 12.6. The molecule has 0 aromatic heterocycles. The molecule has 1 aromatic carbocycles. The highest BCUT2D eigenvalue weighted by Gasteiger charge is 2.58. The van der Waals surface area contributed by atoms with Crippen LogP contribution in [0, 0.1) is 23.2 Å². The molecule has 14 nitrogen and oxygen atoms in total. The molecule has 1 unspecified atom stereocenters. The first-order chi connectivity index (χ1) is 23.4. The van der Waals surface area contributed by atoms with E-state index in [1.54, 1.807) is 58.3 Å². The van der Waals surface area contributed by atoms with E-state index in [0.717, 1.165) is 6.42 Å². The van der Waals surface area contributed by atoms with Gasteiger partial charge >= 0.3 is 6.09 Å². The van der Waals surface area contributed by atoms with Crippen LogP contribution >= 0.6 is 0 Å². The molecule has 1 aromatic rings. The maximum atomic E-state index is 14.0. The van der Waals surface area contributed by atoms with Gasteiger partial charge in [0.2, 0.25) is 29.4 Å². The van der Waals surface area contributed by atoms with Gasteiger partial charge < -0.3 is 35.8 Å². The number of amides is 6. The van der Waals surface area contributed by atoms with Gasteiger partial charge in [0.25, 0.3) is 5.91 Å². The molecule has 1 aliphatic carbocycles. The Balaban J connectivity index is 1.67. The fourth-order valence-electron chi connectivity index (χ4n) is 5.92. The second-order valence-electron chi connectivity index (χ2n) is 14.9. The molecular formula is C36H54N6O8. The van der Waals surface area contributed by atoms with E-state index in [4.69, 9.17) is 4.74 Å². The molecule has 2 aliphatic rings. The molecule has 1 saturated carbocycles. The van der Waals surface area contributed by atoms with Gasteiger partial charge in [-0.15, -0.1) is 0 Å². The number of benzene rings is 1. The van der Waals surface area contributed by atoms with Crippen LogP contribution in [0.15, 0.2) is 30.3 Å². The average molecular weight is 699 g/mol. The van der Waals surface area contributed by atoms with Gasteiger partial charge in [-0.05, 0) is 48.5 Å². The predicted octanol–water partition coefficient (Wildman–Crippen LogP) is 1.93. The van der Waals surface area contributed by atoms with Crippen LogP contribution in [0.5, 0.6) is 0 Å². The summed E-state index contributed by atoms with van der Waals surface area (Å²) in [5.74, 6) is -3.96. The van der Waals surface area contributed by atoms with Crippen LogP contribution in [-0.4, -0.2) is 103 Å². The Morgan fingerprint density at radius 1 is 0.960 bits per heavy atom. The van der Waals surface area contributed by atoms with Crippen molar-refractivity contribution in [3.05, 3.63) is 35.9 Å². The lowest BCUT2D eigenvalue weighted by molar-refractivity contribution is -0.145. The Kier molecular flexibility index (Phi) is 13.5. The molecule has 2 fully saturated rings. The summed E-state index contributed by atoms with van der Waals surface area (Å²) in [5, 5.41) is 10.3. The van der Waals surface area contributed by atoms with Crippen LogP contribution < -0.4 is 21.3 Å². The molecule has 4 N–H and O–H groups in total. The second-order valence-corrected chi connectivity index (χ2v) is 14.9. The maximum absolute atomic E-state index is 14.0. The smallest absolute Gasteiger partial charge is 0.408 e. The van der Waals surface area contributed by atoms with Gasteiger partial charge in [-0.1, -0.05) is 78.3 Å². The Bertz CT molecular complexity index is 1430. The number of carbonyl (C=O) groups excluding carboxylic acids is 7. The zero-order chi connectivity index (χ0) is 37.5. The number of Topliss-reactive ketones (excluding diaryl/α,β-unsaturated/α-hetero) is 1. The summed E-state index contributed by atoms with van der Waals surface area (Å²) in [5.41, 5.74) is -0.160. The number of piperidine rings is 1. The van der Waals surface area contributed by atoms with Crippen molar-refractivity contribution in [3.63, 3.8) is 0 Å². The number of hydrogen-bond acceptors (Lipinski definition) is 8. The number of ether oxygens (including phenoxy) is 1. The lowest BCUT2D eigenvalue weighted by Gasteiger charge is -2.36. The molecule has 0 bridgehead atoms. The summed E-state index contributed by atoms with van der Waals surface area (Å²) in [6.07, 6.45) is 0.256. The Morgan fingerprint density at radius 2 is 1.60 bits per heavy atom. The highest BCUT2D eigenvalue weighted by molar-refractivity contribution is 6.38. The van der Waals surface area contributed by atoms with Gasteiger partial charge in [0.15, 0.2) is 0 Å². The standard InChI is InChI=1S/C36H54N6O8/c1-10-14-25(29(44)32(46)37-18-26(43)39-27(33(47)41(8)9)22-15-12-11-13-16-22)38-31(45)28-24-17-23(24)19-42(28)34(48)30(36(5,6)7)40-35(49)50-21(4)20(2)3/h11-13,15-16,20-21,23-25,27-28,30H,10,14,17-19H2,1-9H3,(H,37,46)(H,38,45)(H,39,43)(H,40,49)/t21?,23-,24-,25-,27-,28-,30+/m0/s1. The first-order valence-corrected chi connectivity index (χ1v) is 17.3. The van der Waals surface area contributed by atoms with Crippen LogP contribution in [0.2, 0.25) is 0 Å². The topological polar surface area (TPSA) is 183 Å². The van der Waals surface area contributed by atoms with Crippen molar-refractivity contribution in [2.24, 2.45) is 23.2 Å². The van der Waals surface area contributed by atoms with Crippen molar-refractivity contribution in [3.8, 4) is 0 Å². The van der Waals surface area contributed by atoms with Crippen LogP contribution in [0.4, 0.5) is 4.79 Å². The Morgan fingerprint density at radius 3 is 2.16 bits per heavy atom. The fourth-order valence-corrected chi connectivity index (χ4v) is 5.92. The predicted molar refractivity (Wildman–Crippen MR) is 185 cm³/mol. The molecule has 1 heterocycles. The van der Waals surface area contributed by atoms with Gasteiger partial charge in [-0.25, -0.2) is 4.79 Å². The summed E-state index contributed by atoms with van der Waals surface area (Å²) >= 11 is 0. The summed E-state index contributed by atoms with van der Waals surface area (Å²) in [6, 6.07) is 4.57. The summed E-state index contributed by atoms with van der Waals surface area (Å²) < 4.78 is 5.46. The van der Waals surface area contributed by atoms with E-state index in [1.807, 2.05) is 34.6 Å². The van der Waals surface area contributed by atoms with E-state index >= 15 is 0 Å². The minimum Gasteiger partial charge on any atom is -0.446 e. The average Bonchev–Trinajstić information content (AvgIpc) is 3.71. The quantitative estimate of drug-likeness (QED) is 0.200. The number of nitrogens with zero attached hydrogens (tertiary/aromatic N) is 2. The number of ketones is 1. The monoisotopic (exact) mass is 698 g/mol. The number of nitrogens with one attached hydrogen (secondary N) is 4. The third-order valence-electron chi connectivity index (χ3n) is 9.28. The third kappa shape index (κ3) is 10.3. The lowest BCUT2D eigenvalue weighted by atomic mass is 9.85.